The molecule has 1 aromatic carbocycles. The average molecular weight is 545 g/mol. The Bertz CT molecular complexity index is 1410. The third-order valence-corrected chi connectivity index (χ3v) is 8.24. The second-order valence-corrected chi connectivity index (χ2v) is 10.7. The van der Waals surface area contributed by atoms with Gasteiger partial charge in [-0.15, -0.1) is 0 Å². The lowest BCUT2D eigenvalue weighted by molar-refractivity contribution is 0.0771. The fraction of sp³-hybridized carbons (Fsp3) is 0.433. The molecule has 40 heavy (non-hydrogen) atoms. The number of nitrogens with one attached hydrogen (secondary N) is 1. The zero-order valence-corrected chi connectivity index (χ0v) is 23.4. The molecule has 3 aromatic rings. The van der Waals surface area contributed by atoms with Gasteiger partial charge in [-0.05, 0) is 57.5 Å². The highest BCUT2D eigenvalue weighted by molar-refractivity contribution is 6.11. The lowest BCUT2D eigenvalue weighted by Gasteiger charge is -2.32. The predicted octanol–water partition coefficient (Wildman–Crippen LogP) is 4.88. The summed E-state index contributed by atoms with van der Waals surface area (Å²) in [7, 11) is 3.60. The highest BCUT2D eigenvalue weighted by atomic mass is 16.5. The number of rotatable bonds is 6. The number of piperidine rings is 1. The van der Waals surface area contributed by atoms with Crippen LogP contribution >= 0.6 is 0 Å². The molecular weight excluding hydrogens is 508 g/mol. The minimum Gasteiger partial charge on any atom is -0.492 e. The number of pyridine rings is 1. The number of anilines is 5. The van der Waals surface area contributed by atoms with Crippen molar-refractivity contribution in [3.8, 4) is 5.75 Å². The molecule has 210 valence electrons. The summed E-state index contributed by atoms with van der Waals surface area (Å²) in [6.45, 7) is 6.24. The fourth-order valence-electron chi connectivity index (χ4n) is 6.01. The highest BCUT2D eigenvalue weighted by Crippen LogP contribution is 2.41. The van der Waals surface area contributed by atoms with Crippen molar-refractivity contribution >= 4 is 40.4 Å². The van der Waals surface area contributed by atoms with Crippen LogP contribution in [0, 0.1) is 0 Å². The molecule has 5 heterocycles. The first kappa shape index (κ1) is 26.2. The lowest BCUT2D eigenvalue weighted by Crippen LogP contribution is -2.41. The summed E-state index contributed by atoms with van der Waals surface area (Å²) in [5, 5.41) is 3.36. The molecule has 1 N–H and O–H groups in total. The molecule has 3 aliphatic rings. The van der Waals surface area contributed by atoms with Gasteiger partial charge in [-0.25, -0.2) is 4.98 Å². The number of ether oxygens (including phenoxy) is 1. The normalized spacial score (nSPS) is 19.3. The number of aromatic nitrogens is 1. The number of hydrogen-bond acceptors (Lipinski definition) is 8. The van der Waals surface area contributed by atoms with Crippen LogP contribution in [-0.2, 0) is 0 Å². The van der Waals surface area contributed by atoms with Crippen LogP contribution in [0.4, 0.5) is 28.6 Å². The van der Waals surface area contributed by atoms with Gasteiger partial charge in [0.25, 0.3) is 11.8 Å². The molecule has 0 aliphatic carbocycles. The van der Waals surface area contributed by atoms with Crippen LogP contribution in [0.1, 0.15) is 53.5 Å². The zero-order valence-electron chi connectivity index (χ0n) is 23.4. The molecule has 2 aromatic heterocycles. The van der Waals surface area contributed by atoms with Crippen molar-refractivity contribution in [2.75, 3.05) is 62.0 Å². The second kappa shape index (κ2) is 10.8. The topological polar surface area (TPSA) is 94.4 Å². The Balaban J connectivity index is 1.22. The van der Waals surface area contributed by atoms with E-state index in [4.69, 9.17) is 9.15 Å². The van der Waals surface area contributed by atoms with E-state index in [0.717, 1.165) is 38.3 Å². The molecule has 0 saturated carbocycles. The minimum absolute atomic E-state index is 0.0420. The summed E-state index contributed by atoms with van der Waals surface area (Å²) < 4.78 is 11.4. The van der Waals surface area contributed by atoms with E-state index in [1.54, 1.807) is 19.3 Å². The molecular formula is C30H36N6O4. The van der Waals surface area contributed by atoms with E-state index in [1.165, 1.54) is 30.4 Å². The first-order valence-corrected chi connectivity index (χ1v) is 14.1. The maximum atomic E-state index is 13.4. The van der Waals surface area contributed by atoms with E-state index in [9.17, 15) is 9.59 Å². The van der Waals surface area contributed by atoms with Crippen LogP contribution in [0.3, 0.4) is 0 Å². The van der Waals surface area contributed by atoms with Gasteiger partial charge < -0.3 is 29.2 Å². The summed E-state index contributed by atoms with van der Waals surface area (Å²) in [4.78, 5) is 38.9. The largest absolute Gasteiger partial charge is 0.492 e. The summed E-state index contributed by atoms with van der Waals surface area (Å²) in [5.41, 5.74) is 3.49. The van der Waals surface area contributed by atoms with E-state index >= 15 is 0 Å². The van der Waals surface area contributed by atoms with Crippen molar-refractivity contribution in [3.05, 3.63) is 54.1 Å². The van der Waals surface area contributed by atoms with E-state index < -0.39 is 0 Å². The number of carbonyl (C=O) groups excluding carboxylic acids is 2. The molecule has 1 atom stereocenters. The molecule has 2 saturated heterocycles. The highest BCUT2D eigenvalue weighted by Gasteiger charge is 2.32. The van der Waals surface area contributed by atoms with Crippen LogP contribution in [0.2, 0.25) is 0 Å². The smallest absolute Gasteiger partial charge is 0.296 e. The summed E-state index contributed by atoms with van der Waals surface area (Å²) in [6.07, 6.45) is 8.04. The number of nitrogens with zero attached hydrogens (tertiary/aromatic N) is 5. The third-order valence-electron chi connectivity index (χ3n) is 8.24. The van der Waals surface area contributed by atoms with Gasteiger partial charge in [-0.3, -0.25) is 14.5 Å². The zero-order chi connectivity index (χ0) is 27.8. The number of amides is 2. The Morgan fingerprint density at radius 3 is 2.67 bits per heavy atom. The van der Waals surface area contributed by atoms with Crippen LogP contribution < -0.4 is 19.9 Å². The molecule has 3 aliphatic heterocycles. The number of hydrogen-bond donors (Lipinski definition) is 1. The minimum atomic E-state index is -0.229. The quantitative estimate of drug-likeness (QED) is 0.470. The SMILES string of the molecule is CCOc1cc(C(=O)N2CC[C@@H](N3CCCCC3)C2)ccc1Nc1cc2c(cn1)N(C)C(=O)c1occc1N2C. The fourth-order valence-corrected chi connectivity index (χ4v) is 6.01. The van der Waals surface area contributed by atoms with Gasteiger partial charge in [0, 0.05) is 50.9 Å². The van der Waals surface area contributed by atoms with Gasteiger partial charge in [0.2, 0.25) is 5.76 Å². The van der Waals surface area contributed by atoms with Crippen molar-refractivity contribution in [3.63, 3.8) is 0 Å². The summed E-state index contributed by atoms with van der Waals surface area (Å²) in [6, 6.07) is 9.67. The van der Waals surface area contributed by atoms with Crippen molar-refractivity contribution in [1.29, 1.82) is 0 Å². The van der Waals surface area contributed by atoms with E-state index in [1.807, 2.05) is 48.0 Å². The standard InChI is InChI=1S/C30H36N6O4/c1-4-39-26-16-20(29(37)36-14-10-21(19-36)35-12-6-5-7-13-35)8-9-22(26)32-27-17-24-25(18-31-27)34(3)30(38)28-23(33(24)2)11-15-40-28/h8-9,11,15-18,21H,4-7,10,12-14,19H2,1-3H3,(H,31,32)/t21-/m1/s1. The first-order chi connectivity index (χ1) is 19.4. The number of furan rings is 1. The van der Waals surface area contributed by atoms with Gasteiger partial charge in [0.05, 0.1) is 41.8 Å². The van der Waals surface area contributed by atoms with Gasteiger partial charge in [-0.2, -0.15) is 0 Å². The Hall–Kier alpha value is -4.05. The van der Waals surface area contributed by atoms with E-state index in [2.05, 4.69) is 15.2 Å². The monoisotopic (exact) mass is 544 g/mol. The molecule has 0 bridgehead atoms. The summed E-state index contributed by atoms with van der Waals surface area (Å²) >= 11 is 0. The Morgan fingerprint density at radius 2 is 1.88 bits per heavy atom. The number of benzene rings is 1. The molecule has 2 fully saturated rings. The molecule has 10 heteroatoms. The Kier molecular flexibility index (Phi) is 7.10. The average Bonchev–Trinajstić information content (AvgIpc) is 3.67. The van der Waals surface area contributed by atoms with Crippen molar-refractivity contribution in [2.45, 2.75) is 38.6 Å². The van der Waals surface area contributed by atoms with Gasteiger partial charge in [0.1, 0.15) is 11.6 Å². The van der Waals surface area contributed by atoms with Crippen LogP contribution in [-0.4, -0.2) is 79.5 Å². The molecule has 10 nitrogen and oxygen atoms in total. The summed E-state index contributed by atoms with van der Waals surface area (Å²) in [5.74, 6) is 1.28. The molecule has 0 radical (unpaired) electrons. The first-order valence-electron chi connectivity index (χ1n) is 14.1. The number of carbonyl (C=O) groups is 2. The predicted molar refractivity (Wildman–Crippen MR) is 154 cm³/mol. The second-order valence-electron chi connectivity index (χ2n) is 10.7. The lowest BCUT2D eigenvalue weighted by atomic mass is 10.1. The van der Waals surface area contributed by atoms with Gasteiger partial charge in [-0.1, -0.05) is 6.42 Å². The molecule has 0 unspecified atom stereocenters. The van der Waals surface area contributed by atoms with E-state index in [0.29, 0.717) is 46.8 Å². The van der Waals surface area contributed by atoms with Gasteiger partial charge >= 0.3 is 0 Å². The van der Waals surface area contributed by atoms with Crippen LogP contribution in [0.15, 0.2) is 47.2 Å². The van der Waals surface area contributed by atoms with Crippen molar-refractivity contribution in [1.82, 2.24) is 14.8 Å². The Morgan fingerprint density at radius 1 is 1.05 bits per heavy atom. The van der Waals surface area contributed by atoms with Crippen molar-refractivity contribution in [2.24, 2.45) is 0 Å². The van der Waals surface area contributed by atoms with E-state index in [-0.39, 0.29) is 17.6 Å². The maximum absolute atomic E-state index is 13.4. The maximum Gasteiger partial charge on any atom is 0.296 e. The number of likely N-dealkylation sites (tertiary alicyclic amines) is 2. The van der Waals surface area contributed by atoms with Crippen LogP contribution in [0.5, 0.6) is 5.75 Å². The molecule has 2 amide bonds. The Labute approximate surface area is 234 Å². The van der Waals surface area contributed by atoms with Gasteiger partial charge in [0.15, 0.2) is 0 Å². The molecule has 0 spiro atoms. The third kappa shape index (κ3) is 4.77. The van der Waals surface area contributed by atoms with Crippen LogP contribution in [0.25, 0.3) is 0 Å². The molecule has 6 rings (SSSR count). The number of fused-ring (bicyclic) bond motifs is 2. The van der Waals surface area contributed by atoms with Crippen molar-refractivity contribution < 1.29 is 18.7 Å².